The van der Waals surface area contributed by atoms with E-state index in [9.17, 15) is 0 Å². The smallest absolute Gasteiger partial charge is 0.134 e. The zero-order chi connectivity index (χ0) is 17.6. The Morgan fingerprint density at radius 2 is 1.21 bits per heavy atom. The Morgan fingerprint density at radius 1 is 0.708 bits per heavy atom. The fourth-order valence-electron chi connectivity index (χ4n) is 2.25. The molecule has 2 nitrogen and oxygen atoms in total. The minimum atomic E-state index is 0.763. The van der Waals surface area contributed by atoms with Gasteiger partial charge in [-0.2, -0.15) is 0 Å². The molecule has 1 rings (SSSR count). The Labute approximate surface area is 174 Å². The van der Waals surface area contributed by atoms with Crippen LogP contribution in [0.5, 0.6) is 11.5 Å². The highest BCUT2D eigenvalue weighted by Gasteiger charge is 2.08. The predicted molar refractivity (Wildman–Crippen MR) is 119 cm³/mol. The van der Waals surface area contributed by atoms with E-state index in [1.54, 1.807) is 0 Å². The molecule has 1 atom stereocenters. The number of rotatable bonds is 14. The van der Waals surface area contributed by atoms with Gasteiger partial charge in [-0.15, -0.1) is 9.24 Å². The van der Waals surface area contributed by atoms with Crippen molar-refractivity contribution in [3.05, 3.63) is 16.6 Å². The standard InChI is InChI=1S/C18H28Br3O2P/c19-9-5-1-3-7-11-22-16-14-18(24)17(13-15(16)21)23-12-8-4-2-6-10-20/h13-14H,1-12,24H2. The summed E-state index contributed by atoms with van der Waals surface area (Å²) in [6.45, 7) is 1.53. The van der Waals surface area contributed by atoms with E-state index in [1.807, 2.05) is 12.1 Å². The van der Waals surface area contributed by atoms with E-state index < -0.39 is 0 Å². The molecule has 0 aromatic heterocycles. The second-order valence-electron chi connectivity index (χ2n) is 5.72. The van der Waals surface area contributed by atoms with Crippen molar-refractivity contribution in [2.75, 3.05) is 23.9 Å². The van der Waals surface area contributed by atoms with E-state index in [1.165, 1.54) is 38.5 Å². The van der Waals surface area contributed by atoms with Gasteiger partial charge in [0.1, 0.15) is 11.5 Å². The molecule has 0 bridgehead atoms. The first kappa shape index (κ1) is 22.7. The maximum Gasteiger partial charge on any atom is 0.134 e. The summed E-state index contributed by atoms with van der Waals surface area (Å²) in [6, 6.07) is 4.05. The van der Waals surface area contributed by atoms with E-state index >= 15 is 0 Å². The molecule has 6 heteroatoms. The van der Waals surface area contributed by atoms with Crippen LogP contribution in [0.25, 0.3) is 0 Å². The van der Waals surface area contributed by atoms with Crippen molar-refractivity contribution in [3.63, 3.8) is 0 Å². The van der Waals surface area contributed by atoms with Gasteiger partial charge in [-0.3, -0.25) is 0 Å². The van der Waals surface area contributed by atoms with Crippen LogP contribution in [0.3, 0.4) is 0 Å². The number of halogens is 3. The molecule has 0 saturated heterocycles. The lowest BCUT2D eigenvalue weighted by molar-refractivity contribution is 0.297. The fourth-order valence-corrected chi connectivity index (χ4v) is 3.80. The summed E-state index contributed by atoms with van der Waals surface area (Å²) < 4.78 is 12.8. The van der Waals surface area contributed by atoms with Crippen molar-refractivity contribution in [1.82, 2.24) is 0 Å². The lowest BCUT2D eigenvalue weighted by Gasteiger charge is -2.13. The van der Waals surface area contributed by atoms with E-state index in [4.69, 9.17) is 9.47 Å². The van der Waals surface area contributed by atoms with Gasteiger partial charge in [0.05, 0.1) is 17.7 Å². The Bertz CT molecular complexity index is 416. The van der Waals surface area contributed by atoms with Crippen LogP contribution in [0.4, 0.5) is 0 Å². The van der Waals surface area contributed by atoms with Gasteiger partial charge >= 0.3 is 0 Å². The number of ether oxygens (including phenoxy) is 2. The second-order valence-corrected chi connectivity index (χ2v) is 8.79. The van der Waals surface area contributed by atoms with Gasteiger partial charge in [-0.1, -0.05) is 57.5 Å². The van der Waals surface area contributed by atoms with Gasteiger partial charge in [0, 0.05) is 16.0 Å². The Morgan fingerprint density at radius 3 is 1.75 bits per heavy atom. The number of alkyl halides is 2. The number of hydrogen-bond donors (Lipinski definition) is 0. The molecule has 0 spiro atoms. The van der Waals surface area contributed by atoms with Crippen molar-refractivity contribution in [1.29, 1.82) is 0 Å². The summed E-state index contributed by atoms with van der Waals surface area (Å²) in [7, 11) is 2.75. The molecule has 0 fully saturated rings. The third-order valence-corrected chi connectivity index (χ3v) is 5.83. The molecular weight excluding hydrogens is 519 g/mol. The normalized spacial score (nSPS) is 10.8. The molecule has 1 unspecified atom stereocenters. The molecule has 0 aliphatic rings. The van der Waals surface area contributed by atoms with Gasteiger partial charge in [-0.05, 0) is 53.7 Å². The number of benzene rings is 1. The summed E-state index contributed by atoms with van der Waals surface area (Å²) in [5.41, 5.74) is 0. The van der Waals surface area contributed by atoms with Crippen molar-refractivity contribution < 1.29 is 9.47 Å². The zero-order valence-electron chi connectivity index (χ0n) is 14.2. The van der Waals surface area contributed by atoms with Crippen molar-refractivity contribution in [2.45, 2.75) is 51.4 Å². The van der Waals surface area contributed by atoms with Crippen LogP contribution in [-0.4, -0.2) is 23.9 Å². The molecule has 1 aromatic rings. The Hall–Kier alpha value is 0.690. The first-order chi connectivity index (χ1) is 11.7. The molecule has 0 radical (unpaired) electrons. The van der Waals surface area contributed by atoms with Crippen LogP contribution in [0.2, 0.25) is 0 Å². The SMILES string of the molecule is Pc1cc(OCCCCCCBr)c(Br)cc1OCCCCCCBr. The first-order valence-electron chi connectivity index (χ1n) is 8.65. The maximum atomic E-state index is 5.90. The molecule has 0 N–H and O–H groups in total. The summed E-state index contributed by atoms with van der Waals surface area (Å²) in [6.07, 6.45) is 9.62. The summed E-state index contributed by atoms with van der Waals surface area (Å²) in [5, 5.41) is 3.23. The van der Waals surface area contributed by atoms with Crippen LogP contribution in [0, 0.1) is 0 Å². The van der Waals surface area contributed by atoms with Crippen molar-refractivity contribution in [2.24, 2.45) is 0 Å². The first-order valence-corrected chi connectivity index (χ1v) is 12.3. The van der Waals surface area contributed by atoms with Crippen LogP contribution >= 0.6 is 57.0 Å². The quantitative estimate of drug-likeness (QED) is 0.148. The maximum absolute atomic E-state index is 5.90. The molecular formula is C18H28Br3O2P. The van der Waals surface area contributed by atoms with Gasteiger partial charge in [0.25, 0.3) is 0 Å². The summed E-state index contributed by atoms with van der Waals surface area (Å²) >= 11 is 10.5. The van der Waals surface area contributed by atoms with E-state index in [0.29, 0.717) is 0 Å². The van der Waals surface area contributed by atoms with Crippen LogP contribution in [-0.2, 0) is 0 Å². The zero-order valence-corrected chi connectivity index (χ0v) is 20.1. The van der Waals surface area contributed by atoms with E-state index in [2.05, 4.69) is 57.0 Å². The van der Waals surface area contributed by atoms with Gasteiger partial charge in [0.15, 0.2) is 0 Å². The minimum Gasteiger partial charge on any atom is -0.493 e. The minimum absolute atomic E-state index is 0.763. The van der Waals surface area contributed by atoms with E-state index in [-0.39, 0.29) is 0 Å². The average molecular weight is 547 g/mol. The average Bonchev–Trinajstić information content (AvgIpc) is 2.57. The number of unbranched alkanes of at least 4 members (excludes halogenated alkanes) is 6. The highest BCUT2D eigenvalue weighted by molar-refractivity contribution is 9.10. The van der Waals surface area contributed by atoms with Crippen LogP contribution in [0.15, 0.2) is 16.6 Å². The summed E-state index contributed by atoms with van der Waals surface area (Å²) in [5.74, 6) is 1.81. The molecule has 1 aromatic carbocycles. The molecule has 0 aliphatic carbocycles. The largest absolute Gasteiger partial charge is 0.493 e. The van der Waals surface area contributed by atoms with E-state index in [0.717, 1.165) is 58.0 Å². The lowest BCUT2D eigenvalue weighted by atomic mass is 10.2. The molecule has 0 aliphatic heterocycles. The third kappa shape index (κ3) is 9.99. The third-order valence-electron chi connectivity index (χ3n) is 3.64. The molecule has 0 amide bonds. The second kappa shape index (κ2) is 14.8. The number of hydrogen-bond acceptors (Lipinski definition) is 2. The predicted octanol–water partition coefficient (Wildman–Crippen LogP) is 6.62. The van der Waals surface area contributed by atoms with Crippen molar-refractivity contribution in [3.8, 4) is 11.5 Å². The van der Waals surface area contributed by atoms with Gasteiger partial charge in [0.2, 0.25) is 0 Å². The highest BCUT2D eigenvalue weighted by Crippen LogP contribution is 2.29. The van der Waals surface area contributed by atoms with Gasteiger partial charge in [-0.25, -0.2) is 0 Å². The molecule has 0 saturated carbocycles. The van der Waals surface area contributed by atoms with Crippen LogP contribution in [0.1, 0.15) is 51.4 Å². The van der Waals surface area contributed by atoms with Crippen LogP contribution < -0.4 is 14.8 Å². The molecule has 0 heterocycles. The van der Waals surface area contributed by atoms with Crippen molar-refractivity contribution >= 4 is 62.3 Å². The fraction of sp³-hybridized carbons (Fsp3) is 0.667. The lowest BCUT2D eigenvalue weighted by Crippen LogP contribution is -2.07. The Balaban J connectivity index is 2.33. The van der Waals surface area contributed by atoms with Gasteiger partial charge < -0.3 is 9.47 Å². The Kier molecular flexibility index (Phi) is 14.0. The molecule has 138 valence electrons. The molecule has 24 heavy (non-hydrogen) atoms. The monoisotopic (exact) mass is 544 g/mol. The summed E-state index contributed by atoms with van der Waals surface area (Å²) in [4.78, 5) is 0. The highest BCUT2D eigenvalue weighted by atomic mass is 79.9. The topological polar surface area (TPSA) is 18.5 Å².